The van der Waals surface area contributed by atoms with Crippen LogP contribution < -0.4 is 20.5 Å². The molecule has 0 unspecified atom stereocenters. The summed E-state index contributed by atoms with van der Waals surface area (Å²) in [5.41, 5.74) is 6.76. The van der Waals surface area contributed by atoms with Gasteiger partial charge in [0, 0.05) is 25.2 Å². The molecule has 2 aromatic rings. The molecule has 1 amide bonds. The minimum Gasteiger partial charge on any atom is -0.497 e. The number of methoxy groups -OCH3 is 1. The second-order valence-corrected chi connectivity index (χ2v) is 7.38. The van der Waals surface area contributed by atoms with E-state index >= 15 is 0 Å². The van der Waals surface area contributed by atoms with Crippen LogP contribution in [-0.4, -0.2) is 34.5 Å². The maximum atomic E-state index is 12.1. The smallest absolute Gasteiger partial charge is 0.240 e. The van der Waals surface area contributed by atoms with Crippen LogP contribution in [0.1, 0.15) is 12.0 Å². The number of carbonyl (C=O) groups is 1. The number of hydrogen-bond acceptors (Lipinski definition) is 5. The molecule has 0 aromatic heterocycles. The highest BCUT2D eigenvalue weighted by molar-refractivity contribution is 7.89. The van der Waals surface area contributed by atoms with Gasteiger partial charge in [0.1, 0.15) is 5.75 Å². The number of rotatable bonds is 9. The highest BCUT2D eigenvalue weighted by Crippen LogP contribution is 2.16. The van der Waals surface area contributed by atoms with Crippen molar-refractivity contribution in [3.63, 3.8) is 0 Å². The summed E-state index contributed by atoms with van der Waals surface area (Å²) >= 11 is 0. The number of carbonyl (C=O) groups excluding carboxylic acids is 1. The van der Waals surface area contributed by atoms with Crippen molar-refractivity contribution in [2.45, 2.75) is 17.7 Å². The third-order valence-electron chi connectivity index (χ3n) is 3.66. The third-order valence-corrected chi connectivity index (χ3v) is 5.12. The van der Waals surface area contributed by atoms with Gasteiger partial charge in [-0.3, -0.25) is 4.79 Å². The fourth-order valence-electron chi connectivity index (χ4n) is 2.29. The number of hydrogen-bond donors (Lipinski definition) is 3. The van der Waals surface area contributed by atoms with Crippen LogP contribution in [0.3, 0.4) is 0 Å². The predicted molar refractivity (Wildman–Crippen MR) is 101 cm³/mol. The van der Waals surface area contributed by atoms with Crippen molar-refractivity contribution >= 4 is 21.6 Å². The Balaban J connectivity index is 1.95. The third kappa shape index (κ3) is 5.83. The van der Waals surface area contributed by atoms with E-state index in [-0.39, 0.29) is 30.3 Å². The zero-order valence-electron chi connectivity index (χ0n) is 14.6. The number of aryl methyl sites for hydroxylation is 1. The Morgan fingerprint density at radius 2 is 1.88 bits per heavy atom. The highest BCUT2D eigenvalue weighted by atomic mass is 32.2. The van der Waals surface area contributed by atoms with Gasteiger partial charge in [-0.15, -0.1) is 0 Å². The molecule has 0 atom stereocenters. The molecular formula is C18H23N3O4S. The summed E-state index contributed by atoms with van der Waals surface area (Å²) in [4.78, 5) is 12.2. The molecule has 0 radical (unpaired) electrons. The number of benzene rings is 2. The van der Waals surface area contributed by atoms with Crippen molar-refractivity contribution in [1.82, 2.24) is 4.72 Å². The minimum absolute atomic E-state index is 0.0823. The van der Waals surface area contributed by atoms with Gasteiger partial charge < -0.3 is 15.8 Å². The average molecular weight is 377 g/mol. The Morgan fingerprint density at radius 1 is 1.15 bits per heavy atom. The van der Waals surface area contributed by atoms with E-state index in [0.29, 0.717) is 12.1 Å². The van der Waals surface area contributed by atoms with E-state index in [1.54, 1.807) is 19.2 Å². The van der Waals surface area contributed by atoms with Gasteiger partial charge >= 0.3 is 0 Å². The fourth-order valence-corrected chi connectivity index (χ4v) is 3.38. The van der Waals surface area contributed by atoms with Crippen LogP contribution in [-0.2, 0) is 21.2 Å². The topological polar surface area (TPSA) is 111 Å². The lowest BCUT2D eigenvalue weighted by molar-refractivity contribution is -0.116. The van der Waals surface area contributed by atoms with Gasteiger partial charge in [-0.25, -0.2) is 13.1 Å². The number of amides is 1. The molecule has 140 valence electrons. The van der Waals surface area contributed by atoms with Crippen LogP contribution in [0.4, 0.5) is 5.69 Å². The van der Waals surface area contributed by atoms with Gasteiger partial charge in [-0.1, -0.05) is 18.2 Å². The molecule has 0 saturated heterocycles. The van der Waals surface area contributed by atoms with Crippen LogP contribution in [0.2, 0.25) is 0 Å². The van der Waals surface area contributed by atoms with Crippen molar-refractivity contribution in [2.24, 2.45) is 5.73 Å². The second-order valence-electron chi connectivity index (χ2n) is 5.61. The summed E-state index contributed by atoms with van der Waals surface area (Å²) in [6.07, 6.45) is 0.862. The molecule has 4 N–H and O–H groups in total. The summed E-state index contributed by atoms with van der Waals surface area (Å²) < 4.78 is 31.7. The van der Waals surface area contributed by atoms with Gasteiger partial charge in [0.05, 0.1) is 12.0 Å². The highest BCUT2D eigenvalue weighted by Gasteiger charge is 2.14. The van der Waals surface area contributed by atoms with Crippen molar-refractivity contribution < 1.29 is 17.9 Å². The van der Waals surface area contributed by atoms with E-state index in [0.717, 1.165) is 11.3 Å². The van der Waals surface area contributed by atoms with Crippen molar-refractivity contribution in [2.75, 3.05) is 25.5 Å². The van der Waals surface area contributed by atoms with Crippen molar-refractivity contribution in [1.29, 1.82) is 0 Å². The van der Waals surface area contributed by atoms with Crippen LogP contribution in [0.25, 0.3) is 0 Å². The number of ether oxygens (including phenoxy) is 1. The Labute approximate surface area is 153 Å². The summed E-state index contributed by atoms with van der Waals surface area (Å²) in [6, 6.07) is 13.6. The summed E-state index contributed by atoms with van der Waals surface area (Å²) in [7, 11) is -2.04. The normalized spacial score (nSPS) is 11.2. The van der Waals surface area contributed by atoms with E-state index in [2.05, 4.69) is 10.0 Å². The van der Waals surface area contributed by atoms with E-state index in [4.69, 9.17) is 10.5 Å². The summed E-state index contributed by atoms with van der Waals surface area (Å²) in [6.45, 7) is 0.363. The summed E-state index contributed by atoms with van der Waals surface area (Å²) in [5.74, 6) is 0.574. The molecule has 0 aliphatic heterocycles. The molecular weight excluding hydrogens is 354 g/mol. The Hall–Kier alpha value is -2.42. The molecule has 0 spiro atoms. The Morgan fingerprint density at radius 3 is 2.54 bits per heavy atom. The monoisotopic (exact) mass is 377 g/mol. The molecule has 0 saturated carbocycles. The predicted octanol–water partition coefficient (Wildman–Crippen LogP) is 1.50. The van der Waals surface area contributed by atoms with Gasteiger partial charge in [0.25, 0.3) is 0 Å². The molecule has 8 heteroatoms. The van der Waals surface area contributed by atoms with E-state index in [1.807, 2.05) is 24.3 Å². The van der Waals surface area contributed by atoms with Crippen LogP contribution >= 0.6 is 0 Å². The molecule has 0 fully saturated rings. The van der Waals surface area contributed by atoms with Crippen molar-refractivity contribution in [3.05, 3.63) is 54.1 Å². The minimum atomic E-state index is -3.64. The molecule has 0 aliphatic rings. The van der Waals surface area contributed by atoms with Crippen molar-refractivity contribution in [3.8, 4) is 5.75 Å². The SMILES string of the molecule is COc1ccc(CCC(=O)Nc2cccc(S(=O)(=O)NCCN)c2)cc1. The zero-order chi connectivity index (χ0) is 19.0. The Bertz CT molecular complexity index is 836. The zero-order valence-corrected chi connectivity index (χ0v) is 15.4. The van der Waals surface area contributed by atoms with Gasteiger partial charge in [0.2, 0.25) is 15.9 Å². The molecule has 26 heavy (non-hydrogen) atoms. The first-order valence-corrected chi connectivity index (χ1v) is 9.65. The average Bonchev–Trinajstić information content (AvgIpc) is 2.65. The maximum Gasteiger partial charge on any atom is 0.240 e. The summed E-state index contributed by atoms with van der Waals surface area (Å²) in [5, 5.41) is 2.72. The largest absolute Gasteiger partial charge is 0.497 e. The first-order valence-electron chi connectivity index (χ1n) is 8.17. The molecule has 2 aromatic carbocycles. The number of anilines is 1. The van der Waals surface area contributed by atoms with Gasteiger partial charge in [-0.05, 0) is 42.3 Å². The second kappa shape index (κ2) is 9.33. The number of sulfonamides is 1. The number of nitrogens with two attached hydrogens (primary N) is 1. The van der Waals surface area contributed by atoms with Gasteiger partial charge in [-0.2, -0.15) is 0 Å². The lowest BCUT2D eigenvalue weighted by atomic mass is 10.1. The lowest BCUT2D eigenvalue weighted by Crippen LogP contribution is -2.29. The van der Waals surface area contributed by atoms with E-state index in [1.165, 1.54) is 12.1 Å². The fraction of sp³-hybridized carbons (Fsp3) is 0.278. The van der Waals surface area contributed by atoms with E-state index < -0.39 is 10.0 Å². The number of nitrogens with one attached hydrogen (secondary N) is 2. The molecule has 0 bridgehead atoms. The molecule has 2 rings (SSSR count). The molecule has 0 heterocycles. The van der Waals surface area contributed by atoms with E-state index in [9.17, 15) is 13.2 Å². The van der Waals surface area contributed by atoms with Crippen LogP contribution in [0.15, 0.2) is 53.4 Å². The van der Waals surface area contributed by atoms with Crippen LogP contribution in [0.5, 0.6) is 5.75 Å². The lowest BCUT2D eigenvalue weighted by Gasteiger charge is -2.09. The Kier molecular flexibility index (Phi) is 7.14. The standard InChI is InChI=1S/C18H23N3O4S/c1-25-16-8-5-14(6-9-16)7-10-18(22)21-15-3-2-4-17(13-15)26(23,24)20-12-11-19/h2-6,8-9,13,20H,7,10-12,19H2,1H3,(H,21,22). The van der Waals surface area contributed by atoms with Crippen LogP contribution in [0, 0.1) is 0 Å². The quantitative estimate of drug-likeness (QED) is 0.613. The molecule has 0 aliphatic carbocycles. The first-order chi connectivity index (χ1) is 12.4. The van der Waals surface area contributed by atoms with Gasteiger partial charge in [0.15, 0.2) is 0 Å². The molecule has 7 nitrogen and oxygen atoms in total. The maximum absolute atomic E-state index is 12.1. The first kappa shape index (κ1) is 19.9.